The Hall–Kier alpha value is -0.860. The smallest absolute Gasteiger partial charge is 0.0467 e. The van der Waals surface area contributed by atoms with E-state index >= 15 is 0 Å². The Bertz CT molecular complexity index is 386. The molecule has 18 heavy (non-hydrogen) atoms. The first kappa shape index (κ1) is 13.6. The van der Waals surface area contributed by atoms with Gasteiger partial charge in [0.2, 0.25) is 0 Å². The summed E-state index contributed by atoms with van der Waals surface area (Å²) in [6.45, 7) is 6.51. The molecule has 0 bridgehead atoms. The summed E-state index contributed by atoms with van der Waals surface area (Å²) in [5.41, 5.74) is 3.32. The number of hydrogen-bond acceptors (Lipinski definition) is 2. The highest BCUT2D eigenvalue weighted by atomic mass is 16.5. The van der Waals surface area contributed by atoms with Crippen LogP contribution in [-0.4, -0.2) is 20.3 Å². The van der Waals surface area contributed by atoms with E-state index in [-0.39, 0.29) is 0 Å². The zero-order valence-corrected chi connectivity index (χ0v) is 11.8. The first-order chi connectivity index (χ1) is 8.62. The van der Waals surface area contributed by atoms with Crippen molar-refractivity contribution in [3.8, 4) is 0 Å². The number of benzene rings is 1. The first-order valence-electron chi connectivity index (χ1n) is 6.92. The minimum atomic E-state index is 0.299. The van der Waals surface area contributed by atoms with Crippen LogP contribution in [0.2, 0.25) is 0 Å². The molecule has 1 aromatic carbocycles. The van der Waals surface area contributed by atoms with Gasteiger partial charge in [0.1, 0.15) is 0 Å². The highest BCUT2D eigenvalue weighted by Gasteiger charge is 2.24. The summed E-state index contributed by atoms with van der Waals surface area (Å²) in [6.07, 6.45) is 3.55. The Labute approximate surface area is 111 Å². The third kappa shape index (κ3) is 3.33. The van der Waals surface area contributed by atoms with Crippen LogP contribution in [0.1, 0.15) is 43.9 Å². The fraction of sp³-hybridized carbons (Fsp3) is 0.625. The Morgan fingerprint density at radius 1 is 1.33 bits per heavy atom. The molecular formula is C16H25NO. The van der Waals surface area contributed by atoms with Crippen molar-refractivity contribution in [2.24, 2.45) is 5.41 Å². The predicted molar refractivity (Wildman–Crippen MR) is 75.8 cm³/mol. The van der Waals surface area contributed by atoms with E-state index in [0.29, 0.717) is 11.5 Å². The van der Waals surface area contributed by atoms with Crippen LogP contribution in [0.3, 0.4) is 0 Å². The molecule has 1 aliphatic carbocycles. The predicted octanol–water partition coefficient (Wildman–Crippen LogP) is 3.33. The molecule has 0 saturated heterocycles. The average molecular weight is 247 g/mol. The summed E-state index contributed by atoms with van der Waals surface area (Å²) in [4.78, 5) is 0. The number of hydrogen-bond donors (Lipinski definition) is 1. The van der Waals surface area contributed by atoms with Crippen molar-refractivity contribution in [1.82, 2.24) is 5.32 Å². The standard InChI is InChI=1S/C16H25NO/c1-16(2,10-11-18-3)12-17-15-9-8-13-6-4-5-7-14(13)15/h4-7,15,17H,8-12H2,1-3H3. The molecule has 2 heteroatoms. The molecule has 0 radical (unpaired) electrons. The second-order valence-corrected chi connectivity index (χ2v) is 6.08. The third-order valence-electron chi connectivity index (χ3n) is 3.94. The normalized spacial score (nSPS) is 18.9. The molecule has 0 fully saturated rings. The van der Waals surface area contributed by atoms with E-state index in [1.54, 1.807) is 7.11 Å². The van der Waals surface area contributed by atoms with Gasteiger partial charge >= 0.3 is 0 Å². The van der Waals surface area contributed by atoms with Crippen molar-refractivity contribution < 1.29 is 4.74 Å². The van der Waals surface area contributed by atoms with E-state index < -0.39 is 0 Å². The summed E-state index contributed by atoms with van der Waals surface area (Å²) in [5.74, 6) is 0. The second-order valence-electron chi connectivity index (χ2n) is 6.08. The molecule has 0 aliphatic heterocycles. The van der Waals surface area contributed by atoms with Crippen LogP contribution in [0, 0.1) is 5.41 Å². The third-order valence-corrected chi connectivity index (χ3v) is 3.94. The Balaban J connectivity index is 1.88. The van der Waals surface area contributed by atoms with Crippen molar-refractivity contribution in [2.75, 3.05) is 20.3 Å². The number of nitrogens with one attached hydrogen (secondary N) is 1. The molecule has 0 heterocycles. The topological polar surface area (TPSA) is 21.3 Å². The van der Waals surface area contributed by atoms with E-state index in [4.69, 9.17) is 4.74 Å². The highest BCUT2D eigenvalue weighted by molar-refractivity contribution is 5.34. The van der Waals surface area contributed by atoms with E-state index in [1.807, 2.05) is 0 Å². The summed E-state index contributed by atoms with van der Waals surface area (Å²) in [5, 5.41) is 3.73. The lowest BCUT2D eigenvalue weighted by Gasteiger charge is -2.27. The van der Waals surface area contributed by atoms with E-state index in [9.17, 15) is 0 Å². The average Bonchev–Trinajstić information content (AvgIpc) is 2.78. The monoisotopic (exact) mass is 247 g/mol. The molecule has 0 spiro atoms. The second kappa shape index (κ2) is 5.85. The van der Waals surface area contributed by atoms with Crippen LogP contribution < -0.4 is 5.32 Å². The summed E-state index contributed by atoms with van der Waals surface area (Å²) >= 11 is 0. The molecular weight excluding hydrogens is 222 g/mol. The van der Waals surface area contributed by atoms with E-state index in [0.717, 1.165) is 19.6 Å². The highest BCUT2D eigenvalue weighted by Crippen LogP contribution is 2.31. The van der Waals surface area contributed by atoms with Crippen molar-refractivity contribution in [2.45, 2.75) is 39.2 Å². The maximum Gasteiger partial charge on any atom is 0.0467 e. The molecule has 2 nitrogen and oxygen atoms in total. The molecule has 1 N–H and O–H groups in total. The van der Waals surface area contributed by atoms with Gasteiger partial charge in [-0.15, -0.1) is 0 Å². The Kier molecular flexibility index (Phi) is 4.41. The Morgan fingerprint density at radius 3 is 2.89 bits per heavy atom. The van der Waals surface area contributed by atoms with Gasteiger partial charge in [-0.25, -0.2) is 0 Å². The molecule has 1 unspecified atom stereocenters. The lowest BCUT2D eigenvalue weighted by Crippen LogP contribution is -2.32. The lowest BCUT2D eigenvalue weighted by atomic mass is 9.89. The van der Waals surface area contributed by atoms with E-state index in [2.05, 4.69) is 43.4 Å². The molecule has 1 atom stereocenters. The fourth-order valence-corrected chi connectivity index (χ4v) is 2.64. The van der Waals surface area contributed by atoms with Crippen LogP contribution in [0.25, 0.3) is 0 Å². The van der Waals surface area contributed by atoms with Crippen molar-refractivity contribution >= 4 is 0 Å². The van der Waals surface area contributed by atoms with Gasteiger partial charge in [-0.2, -0.15) is 0 Å². The van der Waals surface area contributed by atoms with Crippen LogP contribution in [0.4, 0.5) is 0 Å². The largest absolute Gasteiger partial charge is 0.385 e. The van der Waals surface area contributed by atoms with Crippen LogP contribution >= 0.6 is 0 Å². The van der Waals surface area contributed by atoms with Gasteiger partial charge in [0.15, 0.2) is 0 Å². The van der Waals surface area contributed by atoms with Gasteiger partial charge in [0, 0.05) is 26.3 Å². The molecule has 0 aromatic heterocycles. The number of rotatable bonds is 6. The SMILES string of the molecule is COCCC(C)(C)CNC1CCc2ccccc21. The fourth-order valence-electron chi connectivity index (χ4n) is 2.64. The van der Waals surface area contributed by atoms with Crippen molar-refractivity contribution in [3.63, 3.8) is 0 Å². The van der Waals surface area contributed by atoms with Crippen LogP contribution in [-0.2, 0) is 11.2 Å². The quantitative estimate of drug-likeness (QED) is 0.832. The lowest BCUT2D eigenvalue weighted by molar-refractivity contribution is 0.149. The van der Waals surface area contributed by atoms with Gasteiger partial charge in [-0.1, -0.05) is 38.1 Å². The number of fused-ring (bicyclic) bond motifs is 1. The molecule has 0 saturated carbocycles. The summed E-state index contributed by atoms with van der Waals surface area (Å²) in [7, 11) is 1.77. The summed E-state index contributed by atoms with van der Waals surface area (Å²) in [6, 6.07) is 9.36. The van der Waals surface area contributed by atoms with Crippen LogP contribution in [0.5, 0.6) is 0 Å². The molecule has 1 aliphatic rings. The van der Waals surface area contributed by atoms with Gasteiger partial charge in [-0.3, -0.25) is 0 Å². The maximum atomic E-state index is 5.18. The minimum Gasteiger partial charge on any atom is -0.385 e. The zero-order chi connectivity index (χ0) is 13.0. The van der Waals surface area contributed by atoms with Crippen molar-refractivity contribution in [3.05, 3.63) is 35.4 Å². The van der Waals surface area contributed by atoms with E-state index in [1.165, 1.54) is 24.0 Å². The summed E-state index contributed by atoms with van der Waals surface area (Å²) < 4.78 is 5.18. The van der Waals surface area contributed by atoms with Crippen LogP contribution in [0.15, 0.2) is 24.3 Å². The molecule has 2 rings (SSSR count). The Morgan fingerprint density at radius 2 is 2.11 bits per heavy atom. The number of methoxy groups -OCH3 is 1. The van der Waals surface area contributed by atoms with Gasteiger partial charge in [0.05, 0.1) is 0 Å². The van der Waals surface area contributed by atoms with Gasteiger partial charge < -0.3 is 10.1 Å². The first-order valence-corrected chi connectivity index (χ1v) is 6.92. The van der Waals surface area contributed by atoms with Gasteiger partial charge in [0.25, 0.3) is 0 Å². The number of ether oxygens (including phenoxy) is 1. The number of aryl methyl sites for hydroxylation is 1. The zero-order valence-electron chi connectivity index (χ0n) is 11.8. The molecule has 100 valence electrons. The van der Waals surface area contributed by atoms with Gasteiger partial charge in [-0.05, 0) is 35.8 Å². The minimum absolute atomic E-state index is 0.299. The molecule has 1 aromatic rings. The molecule has 0 amide bonds. The maximum absolute atomic E-state index is 5.18. The van der Waals surface area contributed by atoms with Crippen molar-refractivity contribution in [1.29, 1.82) is 0 Å².